The highest BCUT2D eigenvalue weighted by Gasteiger charge is 2.44. The SMILES string of the molecule is CCCCCCCC/C=C\C/C=C\CC(O)C(=O)NC(COC1OC(CO)C(O)C(O)C1O)C(O)CCCCCCCCCCCCCCCC. The fourth-order valence-electron chi connectivity index (χ4n) is 6.44. The molecule has 0 bridgehead atoms. The van der Waals surface area contributed by atoms with E-state index in [-0.39, 0.29) is 13.0 Å². The van der Waals surface area contributed by atoms with E-state index in [4.69, 9.17) is 9.47 Å². The van der Waals surface area contributed by atoms with E-state index in [1.807, 2.05) is 6.08 Å². The van der Waals surface area contributed by atoms with Crippen LogP contribution in [0.25, 0.3) is 0 Å². The quantitative estimate of drug-likeness (QED) is 0.0294. The van der Waals surface area contributed by atoms with Gasteiger partial charge in [-0.1, -0.05) is 160 Å². The highest BCUT2D eigenvalue weighted by atomic mass is 16.7. The Hall–Kier alpha value is -1.37. The fourth-order valence-corrected chi connectivity index (χ4v) is 6.44. The second-order valence-electron chi connectivity index (χ2n) is 14.6. The van der Waals surface area contributed by atoms with E-state index in [9.17, 15) is 35.4 Å². The van der Waals surface area contributed by atoms with E-state index in [1.54, 1.807) is 6.08 Å². The minimum absolute atomic E-state index is 0.118. The van der Waals surface area contributed by atoms with Gasteiger partial charge in [0.1, 0.15) is 30.5 Å². The van der Waals surface area contributed by atoms with Gasteiger partial charge in [-0.15, -0.1) is 0 Å². The molecule has 1 fully saturated rings. The van der Waals surface area contributed by atoms with Crippen molar-refractivity contribution in [1.29, 1.82) is 0 Å². The van der Waals surface area contributed by atoms with E-state index >= 15 is 0 Å². The predicted octanol–water partition coefficient (Wildman–Crippen LogP) is 6.52. The average molecular weight is 728 g/mol. The minimum Gasteiger partial charge on any atom is -0.394 e. The molecule has 0 aromatic carbocycles. The number of amides is 1. The zero-order valence-electron chi connectivity index (χ0n) is 32.2. The number of carbonyl (C=O) groups is 1. The molecule has 8 atom stereocenters. The number of aliphatic hydroxyl groups excluding tert-OH is 6. The van der Waals surface area contributed by atoms with Crippen LogP contribution in [0.1, 0.15) is 168 Å². The Morgan fingerprint density at radius 3 is 1.75 bits per heavy atom. The molecule has 7 N–H and O–H groups in total. The monoisotopic (exact) mass is 728 g/mol. The number of hydrogen-bond donors (Lipinski definition) is 7. The van der Waals surface area contributed by atoms with Gasteiger partial charge in [-0.05, 0) is 25.7 Å². The van der Waals surface area contributed by atoms with E-state index < -0.39 is 61.5 Å². The van der Waals surface area contributed by atoms with Gasteiger partial charge in [-0.2, -0.15) is 0 Å². The summed E-state index contributed by atoms with van der Waals surface area (Å²) >= 11 is 0. The highest BCUT2D eigenvalue weighted by molar-refractivity contribution is 5.81. The summed E-state index contributed by atoms with van der Waals surface area (Å²) < 4.78 is 11.1. The maximum Gasteiger partial charge on any atom is 0.249 e. The largest absolute Gasteiger partial charge is 0.394 e. The second-order valence-corrected chi connectivity index (χ2v) is 14.6. The summed E-state index contributed by atoms with van der Waals surface area (Å²) in [6.07, 6.45) is 25.3. The van der Waals surface area contributed by atoms with E-state index in [0.717, 1.165) is 38.5 Å². The van der Waals surface area contributed by atoms with Crippen molar-refractivity contribution >= 4 is 5.91 Å². The number of nitrogens with one attached hydrogen (secondary N) is 1. The first-order chi connectivity index (χ1) is 24.8. The van der Waals surface area contributed by atoms with Gasteiger partial charge in [0.25, 0.3) is 0 Å². The molecule has 1 heterocycles. The van der Waals surface area contributed by atoms with Crippen LogP contribution in [0.3, 0.4) is 0 Å². The Morgan fingerprint density at radius 1 is 0.686 bits per heavy atom. The molecule has 0 aromatic heterocycles. The van der Waals surface area contributed by atoms with Crippen molar-refractivity contribution in [2.45, 2.75) is 217 Å². The lowest BCUT2D eigenvalue weighted by Crippen LogP contribution is -2.60. The molecule has 1 saturated heterocycles. The Balaban J connectivity index is 2.51. The smallest absolute Gasteiger partial charge is 0.249 e. The lowest BCUT2D eigenvalue weighted by molar-refractivity contribution is -0.302. The molecular formula is C41H77NO9. The van der Waals surface area contributed by atoms with Crippen molar-refractivity contribution in [2.75, 3.05) is 13.2 Å². The van der Waals surface area contributed by atoms with Gasteiger partial charge in [-0.25, -0.2) is 0 Å². The molecular weight excluding hydrogens is 650 g/mol. The van der Waals surface area contributed by atoms with Crippen LogP contribution in [-0.2, 0) is 14.3 Å². The summed E-state index contributed by atoms with van der Waals surface area (Å²) in [5.41, 5.74) is 0. The van der Waals surface area contributed by atoms with Crippen molar-refractivity contribution in [2.24, 2.45) is 0 Å². The first kappa shape index (κ1) is 47.7. The number of aliphatic hydroxyl groups is 6. The molecule has 1 aliphatic rings. The summed E-state index contributed by atoms with van der Waals surface area (Å²) in [5.74, 6) is -0.652. The van der Waals surface area contributed by atoms with Crippen molar-refractivity contribution in [3.05, 3.63) is 24.3 Å². The Labute approximate surface area is 310 Å². The van der Waals surface area contributed by atoms with E-state index in [0.29, 0.717) is 6.42 Å². The van der Waals surface area contributed by atoms with Crippen molar-refractivity contribution in [1.82, 2.24) is 5.32 Å². The van der Waals surface area contributed by atoms with Gasteiger partial charge >= 0.3 is 0 Å². The molecule has 1 amide bonds. The third kappa shape index (κ3) is 23.1. The zero-order chi connectivity index (χ0) is 37.5. The number of carbonyl (C=O) groups excluding carboxylic acids is 1. The van der Waals surface area contributed by atoms with Crippen molar-refractivity contribution in [3.8, 4) is 0 Å². The number of unbranched alkanes of at least 4 members (excludes halogenated alkanes) is 19. The molecule has 51 heavy (non-hydrogen) atoms. The molecule has 300 valence electrons. The first-order valence-corrected chi connectivity index (χ1v) is 20.6. The fraction of sp³-hybridized carbons (Fsp3) is 0.878. The summed E-state index contributed by atoms with van der Waals surface area (Å²) in [6, 6.07) is -0.921. The van der Waals surface area contributed by atoms with Gasteiger partial charge in [0.15, 0.2) is 6.29 Å². The average Bonchev–Trinajstić information content (AvgIpc) is 3.13. The Morgan fingerprint density at radius 2 is 1.20 bits per heavy atom. The van der Waals surface area contributed by atoms with Crippen molar-refractivity contribution < 1.29 is 44.9 Å². The molecule has 8 unspecified atom stereocenters. The lowest BCUT2D eigenvalue weighted by atomic mass is 9.99. The van der Waals surface area contributed by atoms with Crippen LogP contribution in [0.5, 0.6) is 0 Å². The Bertz CT molecular complexity index is 870. The third-order valence-corrected chi connectivity index (χ3v) is 9.93. The van der Waals surface area contributed by atoms with Gasteiger partial charge in [0.2, 0.25) is 5.91 Å². The minimum atomic E-state index is -1.60. The van der Waals surface area contributed by atoms with Crippen LogP contribution in [0.4, 0.5) is 0 Å². The van der Waals surface area contributed by atoms with Crippen LogP contribution >= 0.6 is 0 Å². The maximum atomic E-state index is 12.9. The summed E-state index contributed by atoms with van der Waals surface area (Å²) in [4.78, 5) is 12.9. The predicted molar refractivity (Wildman–Crippen MR) is 204 cm³/mol. The number of hydrogen-bond acceptors (Lipinski definition) is 9. The Kier molecular flexibility index (Phi) is 30.0. The van der Waals surface area contributed by atoms with Crippen LogP contribution in [0.15, 0.2) is 24.3 Å². The normalized spacial score (nSPS) is 22.9. The standard InChI is InChI=1S/C41H77NO9/c1-3-5-7-9-11-13-15-17-18-20-21-23-25-27-29-34(44)33(32-50-41-39(48)38(47)37(46)36(31-43)51-41)42-40(49)35(45)30-28-26-24-22-19-16-14-12-10-8-6-4-2/h19,22,26,28,33-39,41,43-48H,3-18,20-21,23-25,27,29-32H2,1-2H3,(H,42,49)/b22-19-,28-26-. The summed E-state index contributed by atoms with van der Waals surface area (Å²) in [5, 5.41) is 64.4. The van der Waals surface area contributed by atoms with Gasteiger partial charge in [0.05, 0.1) is 25.4 Å². The van der Waals surface area contributed by atoms with Crippen LogP contribution < -0.4 is 5.32 Å². The van der Waals surface area contributed by atoms with Gasteiger partial charge < -0.3 is 45.4 Å². The molecule has 0 radical (unpaired) electrons. The second kappa shape index (κ2) is 32.1. The molecule has 10 nitrogen and oxygen atoms in total. The lowest BCUT2D eigenvalue weighted by Gasteiger charge is -2.40. The molecule has 1 aliphatic heterocycles. The molecule has 0 spiro atoms. The molecule has 0 aliphatic carbocycles. The molecule has 0 saturated carbocycles. The van der Waals surface area contributed by atoms with Gasteiger partial charge in [0, 0.05) is 6.42 Å². The maximum absolute atomic E-state index is 12.9. The number of rotatable bonds is 33. The molecule has 1 rings (SSSR count). The zero-order valence-corrected chi connectivity index (χ0v) is 32.2. The number of ether oxygens (including phenoxy) is 2. The highest BCUT2D eigenvalue weighted by Crippen LogP contribution is 2.23. The van der Waals surface area contributed by atoms with Crippen LogP contribution in [0, 0.1) is 0 Å². The topological polar surface area (TPSA) is 169 Å². The molecule has 0 aromatic rings. The van der Waals surface area contributed by atoms with Crippen LogP contribution in [-0.4, -0.2) is 98.7 Å². The summed E-state index contributed by atoms with van der Waals surface area (Å²) in [7, 11) is 0. The summed E-state index contributed by atoms with van der Waals surface area (Å²) in [6.45, 7) is 3.59. The van der Waals surface area contributed by atoms with Gasteiger partial charge in [-0.3, -0.25) is 4.79 Å². The van der Waals surface area contributed by atoms with E-state index in [1.165, 1.54) is 103 Å². The first-order valence-electron chi connectivity index (χ1n) is 20.6. The molecule has 10 heteroatoms. The van der Waals surface area contributed by atoms with Crippen molar-refractivity contribution in [3.63, 3.8) is 0 Å². The number of allylic oxidation sites excluding steroid dienone is 3. The van der Waals surface area contributed by atoms with Crippen LogP contribution in [0.2, 0.25) is 0 Å². The third-order valence-electron chi connectivity index (χ3n) is 9.93. The van der Waals surface area contributed by atoms with E-state index in [2.05, 4.69) is 31.3 Å².